The van der Waals surface area contributed by atoms with Crippen molar-refractivity contribution >= 4 is 17.4 Å². The second-order valence-corrected chi connectivity index (χ2v) is 5.92. The maximum absolute atomic E-state index is 12.3. The number of amides is 2. The summed E-state index contributed by atoms with van der Waals surface area (Å²) >= 11 is 1.64. The average molecular weight is 306 g/mol. The van der Waals surface area contributed by atoms with E-state index in [0.29, 0.717) is 19.6 Å². The van der Waals surface area contributed by atoms with E-state index in [-0.39, 0.29) is 18.2 Å². The summed E-state index contributed by atoms with van der Waals surface area (Å²) in [4.78, 5) is 14.1. The minimum atomic E-state index is -0.0817. The van der Waals surface area contributed by atoms with Gasteiger partial charge in [-0.3, -0.25) is 0 Å². The Morgan fingerprint density at radius 3 is 3.10 bits per heavy atom. The zero-order chi connectivity index (χ0) is 14.7. The zero-order valence-electron chi connectivity index (χ0n) is 11.8. The number of hydrogen-bond donors (Lipinski definition) is 1. The minimum absolute atomic E-state index is 0.0259. The Morgan fingerprint density at radius 2 is 2.38 bits per heavy atom. The highest BCUT2D eigenvalue weighted by Gasteiger charge is 2.29. The van der Waals surface area contributed by atoms with Gasteiger partial charge in [0.2, 0.25) is 0 Å². The SMILES string of the molecule is C[C@H]1CN(C(=O)NCc2ccco2)C[C@H](c2ccsc2)O1. The van der Waals surface area contributed by atoms with Gasteiger partial charge in [-0.05, 0) is 41.4 Å². The molecule has 0 aliphatic carbocycles. The smallest absolute Gasteiger partial charge is 0.317 e. The number of carbonyl (C=O) groups excluding carboxylic acids is 1. The predicted molar refractivity (Wildman–Crippen MR) is 80.1 cm³/mol. The lowest BCUT2D eigenvalue weighted by Crippen LogP contribution is -2.49. The van der Waals surface area contributed by atoms with Gasteiger partial charge in [0.15, 0.2) is 0 Å². The van der Waals surface area contributed by atoms with E-state index in [2.05, 4.69) is 10.7 Å². The maximum Gasteiger partial charge on any atom is 0.317 e. The zero-order valence-corrected chi connectivity index (χ0v) is 12.6. The number of ether oxygens (including phenoxy) is 1. The molecular weight excluding hydrogens is 288 g/mol. The van der Waals surface area contributed by atoms with Crippen molar-refractivity contribution in [3.63, 3.8) is 0 Å². The molecule has 0 radical (unpaired) electrons. The summed E-state index contributed by atoms with van der Waals surface area (Å²) in [6.45, 7) is 3.57. The van der Waals surface area contributed by atoms with Crippen LogP contribution in [-0.4, -0.2) is 30.1 Å². The molecule has 1 aliphatic rings. The van der Waals surface area contributed by atoms with E-state index >= 15 is 0 Å². The molecule has 112 valence electrons. The van der Waals surface area contributed by atoms with Crippen LogP contribution in [0.1, 0.15) is 24.4 Å². The number of nitrogens with zero attached hydrogens (tertiary/aromatic N) is 1. The summed E-state index contributed by atoms with van der Waals surface area (Å²) in [6.07, 6.45) is 1.58. The standard InChI is InChI=1S/C15H18N2O3S/c1-11-8-17(9-14(20-11)12-4-6-21-10-12)15(18)16-7-13-3-2-5-19-13/h2-6,10-11,14H,7-9H2,1H3,(H,16,18)/t11-,14+/m0/s1. The van der Waals surface area contributed by atoms with Crippen LogP contribution in [0.2, 0.25) is 0 Å². The number of nitrogens with one attached hydrogen (secondary N) is 1. The highest BCUT2D eigenvalue weighted by molar-refractivity contribution is 7.07. The lowest BCUT2D eigenvalue weighted by molar-refractivity contribution is -0.0655. The van der Waals surface area contributed by atoms with E-state index in [1.165, 1.54) is 0 Å². The molecule has 2 aromatic rings. The molecule has 0 spiro atoms. The first-order valence-corrected chi connectivity index (χ1v) is 7.89. The molecule has 6 heteroatoms. The summed E-state index contributed by atoms with van der Waals surface area (Å²) in [5, 5.41) is 6.98. The van der Waals surface area contributed by atoms with Gasteiger partial charge in [0.05, 0.1) is 25.5 Å². The fraction of sp³-hybridized carbons (Fsp3) is 0.400. The van der Waals surface area contributed by atoms with Gasteiger partial charge in [-0.25, -0.2) is 4.79 Å². The van der Waals surface area contributed by atoms with Gasteiger partial charge < -0.3 is 19.4 Å². The molecule has 3 rings (SSSR count). The van der Waals surface area contributed by atoms with Crippen molar-refractivity contribution in [2.75, 3.05) is 13.1 Å². The van der Waals surface area contributed by atoms with Crippen LogP contribution in [0.15, 0.2) is 39.6 Å². The third-order valence-electron chi connectivity index (χ3n) is 3.46. The second kappa shape index (κ2) is 6.32. The molecule has 1 saturated heterocycles. The summed E-state index contributed by atoms with van der Waals surface area (Å²) in [6, 6.07) is 5.62. The molecule has 1 fully saturated rings. The molecule has 5 nitrogen and oxygen atoms in total. The Labute approximate surface area is 127 Å². The van der Waals surface area contributed by atoms with Crippen LogP contribution in [0, 0.1) is 0 Å². The van der Waals surface area contributed by atoms with Crippen molar-refractivity contribution in [1.82, 2.24) is 10.2 Å². The van der Waals surface area contributed by atoms with Gasteiger partial charge in [0.25, 0.3) is 0 Å². The maximum atomic E-state index is 12.3. The highest BCUT2D eigenvalue weighted by Crippen LogP contribution is 2.26. The number of furan rings is 1. The predicted octanol–water partition coefficient (Wildman–Crippen LogP) is 3.01. The summed E-state index contributed by atoms with van der Waals surface area (Å²) in [5.41, 5.74) is 1.13. The highest BCUT2D eigenvalue weighted by atomic mass is 32.1. The summed E-state index contributed by atoms with van der Waals surface area (Å²) in [5.74, 6) is 0.749. The van der Waals surface area contributed by atoms with Gasteiger partial charge in [0.1, 0.15) is 11.9 Å². The van der Waals surface area contributed by atoms with Crippen LogP contribution in [0.3, 0.4) is 0 Å². The lowest BCUT2D eigenvalue weighted by Gasteiger charge is -2.36. The van der Waals surface area contributed by atoms with E-state index in [1.54, 1.807) is 22.5 Å². The quantitative estimate of drug-likeness (QED) is 0.948. The van der Waals surface area contributed by atoms with Gasteiger partial charge in [0, 0.05) is 6.54 Å². The second-order valence-electron chi connectivity index (χ2n) is 5.14. The molecule has 21 heavy (non-hydrogen) atoms. The minimum Gasteiger partial charge on any atom is -0.467 e. The Morgan fingerprint density at radius 1 is 1.48 bits per heavy atom. The number of rotatable bonds is 3. The first-order chi connectivity index (χ1) is 10.2. The monoisotopic (exact) mass is 306 g/mol. The molecule has 2 atom stereocenters. The molecule has 1 N–H and O–H groups in total. The van der Waals surface area contributed by atoms with Gasteiger partial charge in [-0.1, -0.05) is 0 Å². The number of thiophene rings is 1. The van der Waals surface area contributed by atoms with Crippen molar-refractivity contribution < 1.29 is 13.9 Å². The number of morpholine rings is 1. The van der Waals surface area contributed by atoms with Crippen molar-refractivity contribution in [1.29, 1.82) is 0 Å². The van der Waals surface area contributed by atoms with Crippen LogP contribution in [0.4, 0.5) is 4.79 Å². The van der Waals surface area contributed by atoms with E-state index in [4.69, 9.17) is 9.15 Å². The molecule has 1 aliphatic heterocycles. The summed E-state index contributed by atoms with van der Waals surface area (Å²) < 4.78 is 11.1. The largest absolute Gasteiger partial charge is 0.467 e. The molecule has 0 aromatic carbocycles. The number of hydrogen-bond acceptors (Lipinski definition) is 4. The molecule has 0 unspecified atom stereocenters. The van der Waals surface area contributed by atoms with Crippen molar-refractivity contribution in [3.8, 4) is 0 Å². The van der Waals surface area contributed by atoms with E-state index in [9.17, 15) is 4.79 Å². The lowest BCUT2D eigenvalue weighted by atomic mass is 10.1. The Kier molecular flexibility index (Phi) is 4.26. The van der Waals surface area contributed by atoms with E-state index in [1.807, 2.05) is 30.5 Å². The number of urea groups is 1. The number of carbonyl (C=O) groups is 1. The third-order valence-corrected chi connectivity index (χ3v) is 4.16. The molecule has 0 saturated carbocycles. The molecule has 3 heterocycles. The first-order valence-electron chi connectivity index (χ1n) is 6.95. The fourth-order valence-electron chi connectivity index (χ4n) is 2.45. The first kappa shape index (κ1) is 14.2. The van der Waals surface area contributed by atoms with Crippen molar-refractivity contribution in [2.45, 2.75) is 25.7 Å². The Balaban J connectivity index is 1.60. The topological polar surface area (TPSA) is 54.7 Å². The van der Waals surface area contributed by atoms with Crippen LogP contribution in [-0.2, 0) is 11.3 Å². The fourth-order valence-corrected chi connectivity index (χ4v) is 3.15. The Bertz CT molecular complexity index is 568. The Hall–Kier alpha value is -1.79. The van der Waals surface area contributed by atoms with Crippen LogP contribution in [0.5, 0.6) is 0 Å². The van der Waals surface area contributed by atoms with Gasteiger partial charge in [-0.15, -0.1) is 0 Å². The van der Waals surface area contributed by atoms with Crippen LogP contribution in [0.25, 0.3) is 0 Å². The van der Waals surface area contributed by atoms with Gasteiger partial charge in [-0.2, -0.15) is 11.3 Å². The third kappa shape index (κ3) is 3.46. The van der Waals surface area contributed by atoms with Gasteiger partial charge >= 0.3 is 6.03 Å². The van der Waals surface area contributed by atoms with E-state index < -0.39 is 0 Å². The van der Waals surface area contributed by atoms with Crippen LogP contribution < -0.4 is 5.32 Å². The van der Waals surface area contributed by atoms with E-state index in [0.717, 1.165) is 11.3 Å². The molecule has 0 bridgehead atoms. The van der Waals surface area contributed by atoms with Crippen LogP contribution >= 0.6 is 11.3 Å². The van der Waals surface area contributed by atoms with Crippen molar-refractivity contribution in [3.05, 3.63) is 46.5 Å². The molecular formula is C15H18N2O3S. The normalized spacial score (nSPS) is 22.2. The molecule has 2 aromatic heterocycles. The molecule has 2 amide bonds. The summed E-state index contributed by atoms with van der Waals surface area (Å²) in [7, 11) is 0. The average Bonchev–Trinajstić information content (AvgIpc) is 3.17. The van der Waals surface area contributed by atoms with Crippen molar-refractivity contribution in [2.24, 2.45) is 0 Å².